The van der Waals surface area contributed by atoms with E-state index < -0.39 is 0 Å². The molecule has 0 atom stereocenters. The molecule has 0 amide bonds. The second kappa shape index (κ2) is 6.02. The minimum Gasteiger partial charge on any atom is -0.457 e. The molecular weight excluding hydrogens is 328 g/mol. The number of benzene rings is 2. The van der Waals surface area contributed by atoms with Crippen molar-refractivity contribution in [3.8, 4) is 11.5 Å². The fourth-order valence-corrected chi connectivity index (χ4v) is 2.36. The highest BCUT2D eigenvalue weighted by molar-refractivity contribution is 9.10. The van der Waals surface area contributed by atoms with Gasteiger partial charge in [-0.3, -0.25) is 4.79 Å². The molecule has 110 valence electrons. The van der Waals surface area contributed by atoms with Crippen LogP contribution in [0, 0.1) is 0 Å². The van der Waals surface area contributed by atoms with Gasteiger partial charge in [-0.05, 0) is 48.2 Å². The van der Waals surface area contributed by atoms with Crippen LogP contribution < -0.4 is 4.74 Å². The van der Waals surface area contributed by atoms with E-state index in [4.69, 9.17) is 4.74 Å². The van der Waals surface area contributed by atoms with Crippen LogP contribution in [-0.4, -0.2) is 5.78 Å². The number of hydrogen-bond donors (Lipinski definition) is 0. The summed E-state index contributed by atoms with van der Waals surface area (Å²) in [6.07, 6.45) is 0. The van der Waals surface area contributed by atoms with E-state index in [-0.39, 0.29) is 11.2 Å². The van der Waals surface area contributed by atoms with Gasteiger partial charge in [0.25, 0.3) is 0 Å². The largest absolute Gasteiger partial charge is 0.457 e. The summed E-state index contributed by atoms with van der Waals surface area (Å²) in [6, 6.07) is 13.4. The molecule has 0 bridgehead atoms. The lowest BCUT2D eigenvalue weighted by Gasteiger charge is -2.19. The number of halogens is 1. The van der Waals surface area contributed by atoms with Crippen molar-refractivity contribution in [1.82, 2.24) is 0 Å². The van der Waals surface area contributed by atoms with Crippen LogP contribution in [0.25, 0.3) is 0 Å². The molecule has 3 heteroatoms. The predicted octanol–water partition coefficient (Wildman–Crippen LogP) is 5.74. The second-order valence-corrected chi connectivity index (χ2v) is 6.99. The quantitative estimate of drug-likeness (QED) is 0.662. The third-order valence-electron chi connectivity index (χ3n) is 3.27. The van der Waals surface area contributed by atoms with Crippen LogP contribution in [0.5, 0.6) is 11.5 Å². The van der Waals surface area contributed by atoms with Gasteiger partial charge in [-0.2, -0.15) is 0 Å². The van der Waals surface area contributed by atoms with Crippen molar-refractivity contribution in [1.29, 1.82) is 0 Å². The van der Waals surface area contributed by atoms with Gasteiger partial charge >= 0.3 is 0 Å². The van der Waals surface area contributed by atoms with E-state index in [1.54, 1.807) is 13.0 Å². The number of carbonyl (C=O) groups excluding carboxylic acids is 1. The maximum absolute atomic E-state index is 11.7. The van der Waals surface area contributed by atoms with Crippen molar-refractivity contribution in [3.05, 3.63) is 58.1 Å². The molecule has 0 aliphatic heterocycles. The number of Topliss-reactive ketones (excluding diaryl/α,β-unsaturated/α-hetero) is 1. The van der Waals surface area contributed by atoms with Crippen LogP contribution in [0.2, 0.25) is 0 Å². The monoisotopic (exact) mass is 346 g/mol. The zero-order valence-corrected chi connectivity index (χ0v) is 14.3. The smallest absolute Gasteiger partial charge is 0.163 e. The molecule has 21 heavy (non-hydrogen) atoms. The minimum atomic E-state index is -0.0104. The first-order chi connectivity index (χ1) is 9.77. The van der Waals surface area contributed by atoms with Crippen LogP contribution in [0.4, 0.5) is 0 Å². The standard InChI is InChI=1S/C18H19BrO2/c1-12(20)16-10-7-14(19)11-17(16)21-15-8-5-13(6-9-15)18(2,3)4/h5-11H,1-4H3. The molecule has 2 aromatic carbocycles. The fraction of sp³-hybridized carbons (Fsp3) is 0.278. The summed E-state index contributed by atoms with van der Waals surface area (Å²) in [5, 5.41) is 0. The summed E-state index contributed by atoms with van der Waals surface area (Å²) in [7, 11) is 0. The zero-order valence-electron chi connectivity index (χ0n) is 12.7. The summed E-state index contributed by atoms with van der Waals surface area (Å²) in [5.41, 5.74) is 1.94. The molecule has 0 unspecified atom stereocenters. The molecule has 0 spiro atoms. The Hall–Kier alpha value is -1.61. The maximum Gasteiger partial charge on any atom is 0.163 e. The van der Waals surface area contributed by atoms with E-state index in [0.717, 1.165) is 10.2 Å². The molecule has 0 aliphatic rings. The Labute approximate surface area is 134 Å². The minimum absolute atomic E-state index is 0.0104. The fourth-order valence-electron chi connectivity index (χ4n) is 2.02. The number of hydrogen-bond acceptors (Lipinski definition) is 2. The Balaban J connectivity index is 2.30. The first-order valence-electron chi connectivity index (χ1n) is 6.86. The van der Waals surface area contributed by atoms with E-state index in [9.17, 15) is 4.79 Å². The van der Waals surface area contributed by atoms with Gasteiger partial charge in [0.15, 0.2) is 5.78 Å². The van der Waals surface area contributed by atoms with Gasteiger partial charge in [0.2, 0.25) is 0 Å². The van der Waals surface area contributed by atoms with Crippen LogP contribution in [0.1, 0.15) is 43.6 Å². The molecular formula is C18H19BrO2. The molecule has 0 N–H and O–H groups in total. The number of ether oxygens (including phenoxy) is 1. The van der Waals surface area contributed by atoms with Crippen molar-refractivity contribution >= 4 is 21.7 Å². The Morgan fingerprint density at radius 1 is 1.05 bits per heavy atom. The first kappa shape index (κ1) is 15.8. The summed E-state index contributed by atoms with van der Waals surface area (Å²) in [4.78, 5) is 11.7. The Morgan fingerprint density at radius 3 is 2.19 bits per heavy atom. The van der Waals surface area contributed by atoms with Crippen molar-refractivity contribution < 1.29 is 9.53 Å². The first-order valence-corrected chi connectivity index (χ1v) is 7.65. The average molecular weight is 347 g/mol. The Morgan fingerprint density at radius 2 is 1.67 bits per heavy atom. The second-order valence-electron chi connectivity index (χ2n) is 6.07. The number of carbonyl (C=O) groups is 1. The van der Waals surface area contributed by atoms with Gasteiger partial charge in [-0.1, -0.05) is 48.8 Å². The van der Waals surface area contributed by atoms with Crippen molar-refractivity contribution in [2.24, 2.45) is 0 Å². The summed E-state index contributed by atoms with van der Waals surface area (Å²) < 4.78 is 6.75. The van der Waals surface area contributed by atoms with Gasteiger partial charge < -0.3 is 4.74 Å². The molecule has 0 radical (unpaired) electrons. The van der Waals surface area contributed by atoms with E-state index >= 15 is 0 Å². The molecule has 0 saturated carbocycles. The van der Waals surface area contributed by atoms with E-state index in [2.05, 4.69) is 48.8 Å². The molecule has 0 aromatic heterocycles. The van der Waals surface area contributed by atoms with Gasteiger partial charge in [0, 0.05) is 4.47 Å². The maximum atomic E-state index is 11.7. The lowest BCUT2D eigenvalue weighted by molar-refractivity contribution is 0.101. The molecule has 2 rings (SSSR count). The predicted molar refractivity (Wildman–Crippen MR) is 89.4 cm³/mol. The lowest BCUT2D eigenvalue weighted by Crippen LogP contribution is -2.10. The van der Waals surface area contributed by atoms with Crippen LogP contribution in [-0.2, 0) is 5.41 Å². The van der Waals surface area contributed by atoms with Crippen molar-refractivity contribution in [2.45, 2.75) is 33.1 Å². The molecule has 0 fully saturated rings. The number of rotatable bonds is 3. The molecule has 2 aromatic rings. The average Bonchev–Trinajstić information content (AvgIpc) is 2.38. The van der Waals surface area contributed by atoms with Crippen molar-refractivity contribution in [3.63, 3.8) is 0 Å². The number of ketones is 1. The highest BCUT2D eigenvalue weighted by atomic mass is 79.9. The normalized spacial score (nSPS) is 11.3. The van der Waals surface area contributed by atoms with Gasteiger partial charge in [-0.15, -0.1) is 0 Å². The highest BCUT2D eigenvalue weighted by Crippen LogP contribution is 2.30. The van der Waals surface area contributed by atoms with Gasteiger partial charge in [0.05, 0.1) is 5.56 Å². The molecule has 0 saturated heterocycles. The highest BCUT2D eigenvalue weighted by Gasteiger charge is 2.14. The lowest BCUT2D eigenvalue weighted by atomic mass is 9.87. The van der Waals surface area contributed by atoms with Crippen LogP contribution in [0.3, 0.4) is 0 Å². The Kier molecular flexibility index (Phi) is 4.52. The van der Waals surface area contributed by atoms with Gasteiger partial charge in [-0.25, -0.2) is 0 Å². The molecule has 0 heterocycles. The van der Waals surface area contributed by atoms with E-state index in [1.807, 2.05) is 24.3 Å². The molecule has 0 aliphatic carbocycles. The SMILES string of the molecule is CC(=O)c1ccc(Br)cc1Oc1ccc(C(C)(C)C)cc1. The Bertz CT molecular complexity index is 652. The summed E-state index contributed by atoms with van der Waals surface area (Å²) in [5.74, 6) is 1.28. The van der Waals surface area contributed by atoms with Crippen LogP contribution in [0.15, 0.2) is 46.9 Å². The van der Waals surface area contributed by atoms with E-state index in [1.165, 1.54) is 5.56 Å². The van der Waals surface area contributed by atoms with Crippen molar-refractivity contribution in [2.75, 3.05) is 0 Å². The third kappa shape index (κ3) is 3.94. The topological polar surface area (TPSA) is 26.3 Å². The third-order valence-corrected chi connectivity index (χ3v) is 3.76. The summed E-state index contributed by atoms with van der Waals surface area (Å²) in [6.45, 7) is 8.06. The zero-order chi connectivity index (χ0) is 15.6. The van der Waals surface area contributed by atoms with Crippen LogP contribution >= 0.6 is 15.9 Å². The summed E-state index contributed by atoms with van der Waals surface area (Å²) >= 11 is 3.41. The molecule has 2 nitrogen and oxygen atoms in total. The van der Waals surface area contributed by atoms with E-state index in [0.29, 0.717) is 11.3 Å². The van der Waals surface area contributed by atoms with Gasteiger partial charge in [0.1, 0.15) is 11.5 Å².